The van der Waals surface area contributed by atoms with Gasteiger partial charge in [0.1, 0.15) is 5.69 Å². The fourth-order valence-electron chi connectivity index (χ4n) is 1.51. The predicted octanol–water partition coefficient (Wildman–Crippen LogP) is 3.27. The van der Waals surface area contributed by atoms with E-state index in [4.69, 9.17) is 0 Å². The van der Waals surface area contributed by atoms with Gasteiger partial charge in [-0.25, -0.2) is 14.8 Å². The third-order valence-electron chi connectivity index (χ3n) is 2.37. The molecule has 1 N–H and O–H groups in total. The number of imidazole rings is 1. The molecule has 0 unspecified atom stereocenters. The first kappa shape index (κ1) is 15.8. The minimum atomic E-state index is -4.47. The molecule has 0 saturated carbocycles. The number of nitrogens with zero attached hydrogens (tertiary/aromatic N) is 2. The molecule has 0 aliphatic carbocycles. The second kappa shape index (κ2) is 6.06. The third-order valence-corrected chi connectivity index (χ3v) is 4.44. The van der Waals surface area contributed by atoms with E-state index in [0.717, 1.165) is 23.1 Å². The van der Waals surface area contributed by atoms with Gasteiger partial charge in [-0.05, 0) is 6.92 Å². The maximum Gasteiger partial charge on any atom is 0.434 e. The maximum atomic E-state index is 12.8. The molecule has 0 bridgehead atoms. The fraction of sp³-hybridized carbons (Fsp3) is 0.364. The van der Waals surface area contributed by atoms with Crippen LogP contribution < -0.4 is 0 Å². The Labute approximate surface area is 125 Å². The summed E-state index contributed by atoms with van der Waals surface area (Å²) in [6.07, 6.45) is -3.20. The van der Waals surface area contributed by atoms with Crippen LogP contribution in [0.15, 0.2) is 11.4 Å². The number of rotatable bonds is 4. The summed E-state index contributed by atoms with van der Waals surface area (Å²) in [4.78, 5) is 21.5. The van der Waals surface area contributed by atoms with E-state index >= 15 is 0 Å². The van der Waals surface area contributed by atoms with Crippen LogP contribution in [0.25, 0.3) is 0 Å². The van der Waals surface area contributed by atoms with Crippen molar-refractivity contribution >= 4 is 29.1 Å². The van der Waals surface area contributed by atoms with Crippen molar-refractivity contribution in [3.63, 3.8) is 0 Å². The summed E-state index contributed by atoms with van der Waals surface area (Å²) in [5.41, 5.74) is -0.714. The molecule has 0 aliphatic rings. The molecule has 0 saturated heterocycles. The van der Waals surface area contributed by atoms with E-state index < -0.39 is 17.8 Å². The number of aromatic nitrogens is 3. The quantitative estimate of drug-likeness (QED) is 0.685. The summed E-state index contributed by atoms with van der Waals surface area (Å²) in [7, 11) is 1.23. The van der Waals surface area contributed by atoms with E-state index in [1.165, 1.54) is 20.2 Å². The second-order valence-electron chi connectivity index (χ2n) is 3.88. The largest absolute Gasteiger partial charge is 0.464 e. The van der Waals surface area contributed by atoms with Crippen LogP contribution in [0.3, 0.4) is 0 Å². The summed E-state index contributed by atoms with van der Waals surface area (Å²) in [5, 5.41) is 0.696. The normalized spacial score (nSPS) is 11.7. The number of methoxy groups -OCH3 is 1. The number of carbonyl (C=O) groups is 1. The highest BCUT2D eigenvalue weighted by Gasteiger charge is 2.36. The molecular weight excluding hydrogens is 327 g/mol. The van der Waals surface area contributed by atoms with Gasteiger partial charge in [-0.1, -0.05) is 11.8 Å². The number of aromatic amines is 1. The molecule has 0 aromatic carbocycles. The number of hydrogen-bond donors (Lipinski definition) is 1. The number of carbonyl (C=O) groups excluding carboxylic acids is 1. The Balaban J connectivity index is 2.10. The first-order valence-electron chi connectivity index (χ1n) is 5.61. The molecule has 10 heteroatoms. The van der Waals surface area contributed by atoms with Crippen LogP contribution in [-0.4, -0.2) is 28.0 Å². The van der Waals surface area contributed by atoms with E-state index in [-0.39, 0.29) is 16.3 Å². The van der Waals surface area contributed by atoms with E-state index in [1.54, 1.807) is 0 Å². The van der Waals surface area contributed by atoms with E-state index in [1.807, 2.05) is 0 Å². The molecular formula is C11H10F3N3O2S2. The van der Waals surface area contributed by atoms with Crippen molar-refractivity contribution in [1.29, 1.82) is 0 Å². The molecule has 114 valence electrons. The Morgan fingerprint density at radius 1 is 1.52 bits per heavy atom. The highest BCUT2D eigenvalue weighted by molar-refractivity contribution is 7.98. The van der Waals surface area contributed by atoms with Crippen molar-refractivity contribution in [1.82, 2.24) is 15.0 Å². The Kier molecular flexibility index (Phi) is 4.57. The van der Waals surface area contributed by atoms with Gasteiger partial charge in [0.2, 0.25) is 0 Å². The Morgan fingerprint density at radius 3 is 2.86 bits per heavy atom. The molecule has 0 fully saturated rings. The molecule has 2 heterocycles. The Bertz CT molecular complexity index is 651. The van der Waals surface area contributed by atoms with Crippen molar-refractivity contribution in [3.8, 4) is 0 Å². The monoisotopic (exact) mass is 337 g/mol. The van der Waals surface area contributed by atoms with Crippen LogP contribution in [0.4, 0.5) is 13.2 Å². The zero-order chi connectivity index (χ0) is 15.6. The number of hydrogen-bond acceptors (Lipinski definition) is 6. The van der Waals surface area contributed by atoms with Crippen molar-refractivity contribution < 1.29 is 22.7 Å². The van der Waals surface area contributed by atoms with Gasteiger partial charge in [-0.3, -0.25) is 0 Å². The van der Waals surface area contributed by atoms with Crippen molar-refractivity contribution in [3.05, 3.63) is 27.5 Å². The van der Waals surface area contributed by atoms with Crippen LogP contribution in [0.5, 0.6) is 0 Å². The summed E-state index contributed by atoms with van der Waals surface area (Å²) in [5.74, 6) is -0.520. The minimum Gasteiger partial charge on any atom is -0.464 e. The maximum absolute atomic E-state index is 12.8. The molecule has 0 aliphatic heterocycles. The highest BCUT2D eigenvalue weighted by Crippen LogP contribution is 2.36. The standard InChI is InChI=1S/C11H10F3N3O2S2/c1-5-16-8(11(12,13)14)7(21-5)4-20-10-15-3-6(17-10)9(18)19-2/h3H,4H2,1-2H3,(H,15,17). The zero-order valence-corrected chi connectivity index (χ0v) is 12.6. The van der Waals surface area contributed by atoms with E-state index in [0.29, 0.717) is 10.2 Å². The molecule has 0 radical (unpaired) electrons. The number of thiazole rings is 1. The van der Waals surface area contributed by atoms with Crippen molar-refractivity contribution in [2.24, 2.45) is 0 Å². The lowest BCUT2D eigenvalue weighted by atomic mass is 10.4. The molecule has 2 aromatic rings. The minimum absolute atomic E-state index is 0.0640. The lowest BCUT2D eigenvalue weighted by Crippen LogP contribution is -2.08. The van der Waals surface area contributed by atoms with Gasteiger partial charge >= 0.3 is 12.1 Å². The molecule has 2 aromatic heterocycles. The van der Waals surface area contributed by atoms with Gasteiger partial charge < -0.3 is 9.72 Å². The molecule has 0 spiro atoms. The number of alkyl halides is 3. The zero-order valence-electron chi connectivity index (χ0n) is 10.9. The SMILES string of the molecule is COC(=O)c1cnc(SCc2sc(C)nc2C(F)(F)F)[nH]1. The fourth-order valence-corrected chi connectivity index (χ4v) is 3.39. The number of esters is 1. The number of halogens is 3. The van der Waals surface area contributed by atoms with Gasteiger partial charge in [-0.2, -0.15) is 13.2 Å². The summed E-state index contributed by atoms with van der Waals surface area (Å²) in [6.45, 7) is 1.52. The molecule has 2 rings (SSSR count). The lowest BCUT2D eigenvalue weighted by molar-refractivity contribution is -0.141. The van der Waals surface area contributed by atoms with Crippen LogP contribution in [-0.2, 0) is 16.7 Å². The average Bonchev–Trinajstić information content (AvgIpc) is 3.01. The van der Waals surface area contributed by atoms with Gasteiger partial charge in [-0.15, -0.1) is 11.3 Å². The second-order valence-corrected chi connectivity index (χ2v) is 6.14. The van der Waals surface area contributed by atoms with Crippen molar-refractivity contribution in [2.75, 3.05) is 7.11 Å². The number of thioether (sulfide) groups is 1. The smallest absolute Gasteiger partial charge is 0.434 e. The topological polar surface area (TPSA) is 67.9 Å². The Morgan fingerprint density at radius 2 is 2.24 bits per heavy atom. The molecule has 0 amide bonds. The summed E-state index contributed by atoms with van der Waals surface area (Å²) < 4.78 is 42.9. The molecule has 21 heavy (non-hydrogen) atoms. The number of H-pyrrole nitrogens is 1. The molecule has 0 atom stereocenters. The third kappa shape index (κ3) is 3.76. The highest BCUT2D eigenvalue weighted by atomic mass is 32.2. The summed E-state index contributed by atoms with van der Waals surface area (Å²) in [6, 6.07) is 0. The van der Waals surface area contributed by atoms with Gasteiger partial charge in [0, 0.05) is 10.6 Å². The van der Waals surface area contributed by atoms with Crippen LogP contribution >= 0.6 is 23.1 Å². The summed E-state index contributed by atoms with van der Waals surface area (Å²) >= 11 is 2.05. The predicted molar refractivity (Wildman–Crippen MR) is 71.3 cm³/mol. The average molecular weight is 337 g/mol. The van der Waals surface area contributed by atoms with Gasteiger partial charge in [0.25, 0.3) is 0 Å². The van der Waals surface area contributed by atoms with E-state index in [2.05, 4.69) is 19.7 Å². The first-order chi connectivity index (χ1) is 9.81. The van der Waals surface area contributed by atoms with Crippen LogP contribution in [0, 0.1) is 6.92 Å². The van der Waals surface area contributed by atoms with Gasteiger partial charge in [0.05, 0.1) is 18.3 Å². The van der Waals surface area contributed by atoms with E-state index in [9.17, 15) is 18.0 Å². The Hall–Kier alpha value is -1.55. The molecule has 5 nitrogen and oxygen atoms in total. The lowest BCUT2D eigenvalue weighted by Gasteiger charge is -2.05. The van der Waals surface area contributed by atoms with Crippen LogP contribution in [0.2, 0.25) is 0 Å². The first-order valence-corrected chi connectivity index (χ1v) is 7.41. The number of ether oxygens (including phenoxy) is 1. The van der Waals surface area contributed by atoms with Crippen molar-refractivity contribution in [2.45, 2.75) is 24.0 Å². The number of aryl methyl sites for hydroxylation is 1. The van der Waals surface area contributed by atoms with Crippen LogP contribution in [0.1, 0.15) is 26.1 Å². The number of nitrogens with one attached hydrogen (secondary N) is 1. The van der Waals surface area contributed by atoms with Gasteiger partial charge in [0.15, 0.2) is 10.9 Å².